The molecular weight excluding hydrogens is 380 g/mol. The molecule has 1 amide bonds. The van der Waals surface area contributed by atoms with Crippen LogP contribution in [0.4, 0.5) is 0 Å². The van der Waals surface area contributed by atoms with Crippen molar-refractivity contribution in [3.05, 3.63) is 48.0 Å². The molecule has 3 aromatic rings. The summed E-state index contributed by atoms with van der Waals surface area (Å²) in [6.07, 6.45) is 4.68. The van der Waals surface area contributed by atoms with Gasteiger partial charge < -0.3 is 18.8 Å². The summed E-state index contributed by atoms with van der Waals surface area (Å²) in [5.41, 5.74) is 2.82. The molecule has 2 aromatic carbocycles. The van der Waals surface area contributed by atoms with E-state index in [2.05, 4.69) is 4.98 Å². The van der Waals surface area contributed by atoms with E-state index >= 15 is 0 Å². The Morgan fingerprint density at radius 3 is 2.83 bits per heavy atom. The topological polar surface area (TPSA) is 64.8 Å². The van der Waals surface area contributed by atoms with Gasteiger partial charge >= 0.3 is 0 Å². The molecule has 1 aliphatic carbocycles. The number of nitrogens with zero attached hydrogens (tertiary/aromatic N) is 2. The van der Waals surface area contributed by atoms with Gasteiger partial charge in [0.05, 0.1) is 13.2 Å². The van der Waals surface area contributed by atoms with Crippen LogP contribution in [0, 0.1) is 5.92 Å². The Morgan fingerprint density at radius 1 is 1.17 bits per heavy atom. The molecule has 2 fully saturated rings. The molecular formula is C24H26N2O4. The number of methoxy groups -OCH3 is 1. The molecule has 156 valence electrons. The first-order valence-corrected chi connectivity index (χ1v) is 10.7. The maximum absolute atomic E-state index is 13.3. The Labute approximate surface area is 175 Å². The summed E-state index contributed by atoms with van der Waals surface area (Å²) < 4.78 is 17.1. The van der Waals surface area contributed by atoms with Crippen LogP contribution in [0.3, 0.4) is 0 Å². The zero-order valence-electron chi connectivity index (χ0n) is 17.2. The van der Waals surface area contributed by atoms with E-state index in [0.717, 1.165) is 42.8 Å². The number of ether oxygens (including phenoxy) is 2. The number of amides is 1. The number of oxazole rings is 1. The maximum Gasteiger partial charge on any atom is 0.254 e. The Balaban J connectivity index is 1.40. The van der Waals surface area contributed by atoms with Gasteiger partial charge in [0.15, 0.2) is 5.58 Å². The van der Waals surface area contributed by atoms with Crippen LogP contribution in [0.1, 0.15) is 36.0 Å². The van der Waals surface area contributed by atoms with Crippen molar-refractivity contribution in [1.82, 2.24) is 9.88 Å². The Morgan fingerprint density at radius 2 is 2.07 bits per heavy atom. The molecule has 2 heterocycles. The van der Waals surface area contributed by atoms with Crippen LogP contribution in [0.5, 0.6) is 5.75 Å². The van der Waals surface area contributed by atoms with Crippen molar-refractivity contribution >= 4 is 17.0 Å². The van der Waals surface area contributed by atoms with Gasteiger partial charge in [0.1, 0.15) is 11.3 Å². The van der Waals surface area contributed by atoms with Gasteiger partial charge in [-0.1, -0.05) is 6.07 Å². The van der Waals surface area contributed by atoms with Crippen molar-refractivity contribution in [3.8, 4) is 17.2 Å². The fourth-order valence-electron chi connectivity index (χ4n) is 4.01. The molecule has 0 radical (unpaired) electrons. The van der Waals surface area contributed by atoms with E-state index in [1.165, 1.54) is 12.8 Å². The number of benzene rings is 2. The summed E-state index contributed by atoms with van der Waals surface area (Å²) in [5.74, 6) is 1.93. The zero-order chi connectivity index (χ0) is 20.5. The van der Waals surface area contributed by atoms with E-state index in [-0.39, 0.29) is 12.0 Å². The quantitative estimate of drug-likeness (QED) is 0.577. The summed E-state index contributed by atoms with van der Waals surface area (Å²) in [5, 5.41) is 0. The maximum atomic E-state index is 13.3. The first kappa shape index (κ1) is 19.1. The lowest BCUT2D eigenvalue weighted by Crippen LogP contribution is -2.38. The SMILES string of the molecule is COc1cccc(-c2nc3ccc(C(=O)N(CC4CC4)CC4CCCO4)cc3o2)c1. The molecule has 0 bridgehead atoms. The Hall–Kier alpha value is -2.86. The van der Waals surface area contributed by atoms with Crippen LogP contribution in [0.2, 0.25) is 0 Å². The number of carbonyl (C=O) groups is 1. The first-order chi connectivity index (χ1) is 14.7. The number of rotatable bonds is 7. The molecule has 1 aromatic heterocycles. The Bertz CT molecular complexity index is 1050. The molecule has 1 aliphatic heterocycles. The molecule has 0 N–H and O–H groups in total. The van der Waals surface area contributed by atoms with Gasteiger partial charge in [-0.05, 0) is 68.0 Å². The minimum absolute atomic E-state index is 0.0404. The predicted octanol–water partition coefficient (Wildman–Crippen LogP) is 4.53. The lowest BCUT2D eigenvalue weighted by atomic mass is 10.1. The standard InChI is InChI=1S/C24H26N2O4/c1-28-19-5-2-4-17(12-19)23-25-21-10-9-18(13-22(21)30-23)24(27)26(14-16-7-8-16)15-20-6-3-11-29-20/h2,4-5,9-10,12-13,16,20H,3,6-8,11,14-15H2,1H3. The van der Waals surface area contributed by atoms with Crippen molar-refractivity contribution in [2.45, 2.75) is 31.8 Å². The van der Waals surface area contributed by atoms with E-state index in [1.54, 1.807) is 7.11 Å². The highest BCUT2D eigenvalue weighted by Gasteiger charge is 2.30. The van der Waals surface area contributed by atoms with Gasteiger partial charge in [-0.25, -0.2) is 4.98 Å². The van der Waals surface area contributed by atoms with E-state index in [1.807, 2.05) is 47.4 Å². The summed E-state index contributed by atoms with van der Waals surface area (Å²) in [6.45, 7) is 2.27. The van der Waals surface area contributed by atoms with Crippen molar-refractivity contribution in [2.24, 2.45) is 5.92 Å². The molecule has 1 saturated carbocycles. The fourth-order valence-corrected chi connectivity index (χ4v) is 4.01. The summed E-state index contributed by atoms with van der Waals surface area (Å²) in [7, 11) is 1.63. The van der Waals surface area contributed by atoms with Gasteiger partial charge in [0, 0.05) is 30.8 Å². The number of hydrogen-bond acceptors (Lipinski definition) is 5. The van der Waals surface area contributed by atoms with Crippen molar-refractivity contribution in [1.29, 1.82) is 0 Å². The minimum atomic E-state index is 0.0404. The van der Waals surface area contributed by atoms with Crippen LogP contribution in [-0.2, 0) is 4.74 Å². The average Bonchev–Trinajstić information content (AvgIpc) is 3.26. The molecule has 6 nitrogen and oxygen atoms in total. The first-order valence-electron chi connectivity index (χ1n) is 10.7. The lowest BCUT2D eigenvalue weighted by Gasteiger charge is -2.25. The van der Waals surface area contributed by atoms with Gasteiger partial charge in [-0.15, -0.1) is 0 Å². The van der Waals surface area contributed by atoms with Crippen LogP contribution < -0.4 is 4.74 Å². The molecule has 6 heteroatoms. The molecule has 5 rings (SSSR count). The Kier molecular flexibility index (Phi) is 5.17. The third kappa shape index (κ3) is 4.05. The summed E-state index contributed by atoms with van der Waals surface area (Å²) in [6, 6.07) is 13.1. The smallest absolute Gasteiger partial charge is 0.254 e. The van der Waals surface area contributed by atoms with Crippen molar-refractivity contribution in [3.63, 3.8) is 0 Å². The highest BCUT2D eigenvalue weighted by molar-refractivity contribution is 5.97. The van der Waals surface area contributed by atoms with Crippen LogP contribution in [0.15, 0.2) is 46.9 Å². The molecule has 1 atom stereocenters. The monoisotopic (exact) mass is 406 g/mol. The zero-order valence-corrected chi connectivity index (χ0v) is 17.2. The minimum Gasteiger partial charge on any atom is -0.497 e. The van der Waals surface area contributed by atoms with Gasteiger partial charge in [0.25, 0.3) is 5.91 Å². The normalized spacial score (nSPS) is 18.6. The second-order valence-corrected chi connectivity index (χ2v) is 8.22. The highest BCUT2D eigenvalue weighted by atomic mass is 16.5. The van der Waals surface area contributed by atoms with Crippen molar-refractivity contribution < 1.29 is 18.7 Å². The molecule has 1 saturated heterocycles. The molecule has 2 aliphatic rings. The van der Waals surface area contributed by atoms with Crippen LogP contribution in [-0.4, -0.2) is 48.7 Å². The lowest BCUT2D eigenvalue weighted by molar-refractivity contribution is 0.0515. The number of carbonyl (C=O) groups excluding carboxylic acids is 1. The molecule has 30 heavy (non-hydrogen) atoms. The number of hydrogen-bond donors (Lipinski definition) is 0. The number of aromatic nitrogens is 1. The highest BCUT2D eigenvalue weighted by Crippen LogP contribution is 2.31. The summed E-state index contributed by atoms with van der Waals surface area (Å²) in [4.78, 5) is 19.8. The second-order valence-electron chi connectivity index (χ2n) is 8.22. The number of fused-ring (bicyclic) bond motifs is 1. The van der Waals surface area contributed by atoms with Crippen molar-refractivity contribution in [2.75, 3.05) is 26.8 Å². The molecule has 1 unspecified atom stereocenters. The van der Waals surface area contributed by atoms with Gasteiger partial charge in [-0.2, -0.15) is 0 Å². The largest absolute Gasteiger partial charge is 0.497 e. The van der Waals surface area contributed by atoms with Gasteiger partial charge in [0.2, 0.25) is 5.89 Å². The average molecular weight is 406 g/mol. The second kappa shape index (κ2) is 8.11. The van der Waals surface area contributed by atoms with Crippen LogP contribution >= 0.6 is 0 Å². The van der Waals surface area contributed by atoms with E-state index in [0.29, 0.717) is 29.5 Å². The van der Waals surface area contributed by atoms with E-state index in [4.69, 9.17) is 13.9 Å². The van der Waals surface area contributed by atoms with Gasteiger partial charge in [-0.3, -0.25) is 4.79 Å². The van der Waals surface area contributed by atoms with E-state index in [9.17, 15) is 4.79 Å². The predicted molar refractivity (Wildman–Crippen MR) is 114 cm³/mol. The fraction of sp³-hybridized carbons (Fsp3) is 0.417. The molecule has 0 spiro atoms. The third-order valence-corrected chi connectivity index (χ3v) is 5.86. The summed E-state index contributed by atoms with van der Waals surface area (Å²) >= 11 is 0. The third-order valence-electron chi connectivity index (χ3n) is 5.86. The van der Waals surface area contributed by atoms with E-state index < -0.39 is 0 Å². The van der Waals surface area contributed by atoms with Crippen LogP contribution in [0.25, 0.3) is 22.6 Å².